The first-order chi connectivity index (χ1) is 25.2. The minimum Gasteiger partial charge on any atom is -0.481 e. The lowest BCUT2D eigenvalue weighted by atomic mass is 9.92. The molecule has 0 bridgehead atoms. The van der Waals surface area contributed by atoms with Crippen LogP contribution in [0.15, 0.2) is 52.6 Å². The Morgan fingerprint density at radius 2 is 1.92 bits per heavy atom. The van der Waals surface area contributed by atoms with E-state index in [1.54, 1.807) is 18.2 Å². The lowest BCUT2D eigenvalue weighted by Crippen LogP contribution is -2.39. The van der Waals surface area contributed by atoms with Crippen molar-refractivity contribution in [2.24, 2.45) is 10.4 Å². The van der Waals surface area contributed by atoms with E-state index in [4.69, 9.17) is 32.2 Å². The van der Waals surface area contributed by atoms with Crippen LogP contribution in [0.1, 0.15) is 19.7 Å². The summed E-state index contributed by atoms with van der Waals surface area (Å²) in [5.74, 6) is 2.93. The third kappa shape index (κ3) is 7.86. The van der Waals surface area contributed by atoms with E-state index in [2.05, 4.69) is 49.4 Å². The highest BCUT2D eigenvalue weighted by Crippen LogP contribution is 2.37. The number of carbonyl (C=O) groups is 2. The number of hydrogen-bond donors (Lipinski definition) is 2. The van der Waals surface area contributed by atoms with Gasteiger partial charge in [0, 0.05) is 36.8 Å². The van der Waals surface area contributed by atoms with Crippen molar-refractivity contribution in [1.29, 1.82) is 0 Å². The zero-order valence-corrected chi connectivity index (χ0v) is 30.8. The van der Waals surface area contributed by atoms with E-state index in [1.165, 1.54) is 59.4 Å². The van der Waals surface area contributed by atoms with Crippen molar-refractivity contribution in [2.75, 3.05) is 37.6 Å². The van der Waals surface area contributed by atoms with Crippen LogP contribution in [-0.4, -0.2) is 76.0 Å². The molecule has 3 amide bonds. The predicted molar refractivity (Wildman–Crippen MR) is 191 cm³/mol. The van der Waals surface area contributed by atoms with Crippen LogP contribution < -0.4 is 34.0 Å². The monoisotopic (exact) mass is 784 g/mol. The van der Waals surface area contributed by atoms with Gasteiger partial charge in [0.15, 0.2) is 22.6 Å². The Labute approximate surface area is 310 Å². The van der Waals surface area contributed by atoms with Gasteiger partial charge < -0.3 is 18.8 Å². The molecule has 6 heterocycles. The van der Waals surface area contributed by atoms with Gasteiger partial charge in [0.05, 0.1) is 32.5 Å². The largest absolute Gasteiger partial charge is 0.481 e. The van der Waals surface area contributed by atoms with Crippen LogP contribution in [0.3, 0.4) is 0 Å². The number of imidazole rings is 1. The third-order valence-electron chi connectivity index (χ3n) is 7.69. The number of benzene rings is 1. The van der Waals surface area contributed by atoms with Crippen molar-refractivity contribution in [3.8, 4) is 29.9 Å². The number of hydrogen-bond acceptors (Lipinski definition) is 13. The second kappa shape index (κ2) is 14.7. The van der Waals surface area contributed by atoms with E-state index in [0.29, 0.717) is 21.9 Å². The molecule has 21 heteroatoms. The number of rotatable bonds is 7. The Hall–Kier alpha value is -5.78. The van der Waals surface area contributed by atoms with Crippen LogP contribution in [0.2, 0.25) is 5.15 Å². The van der Waals surface area contributed by atoms with Crippen LogP contribution in [0.5, 0.6) is 17.5 Å². The van der Waals surface area contributed by atoms with E-state index in [0.717, 1.165) is 18.8 Å². The maximum absolute atomic E-state index is 14.5. The number of halogens is 2. The van der Waals surface area contributed by atoms with Gasteiger partial charge in [-0.15, -0.1) is 6.42 Å². The molecule has 0 saturated heterocycles. The van der Waals surface area contributed by atoms with E-state index in [9.17, 15) is 22.4 Å². The molecule has 0 unspecified atom stereocenters. The molecule has 0 saturated carbocycles. The third-order valence-corrected chi connectivity index (χ3v) is 10.2. The number of terminal acetylenes is 1. The van der Waals surface area contributed by atoms with Crippen molar-refractivity contribution in [3.05, 3.63) is 64.2 Å². The summed E-state index contributed by atoms with van der Waals surface area (Å²) >= 11 is 7.18. The van der Waals surface area contributed by atoms with Crippen LogP contribution in [-0.2, 0) is 27.8 Å². The number of pyridine rings is 1. The van der Waals surface area contributed by atoms with Gasteiger partial charge in [-0.05, 0) is 23.6 Å². The first-order valence-corrected chi connectivity index (χ1v) is 18.1. The molecule has 53 heavy (non-hydrogen) atoms. The Morgan fingerprint density at radius 1 is 1.19 bits per heavy atom. The molecule has 276 valence electrons. The molecular weight excluding hydrogens is 755 g/mol. The second-order valence-electron chi connectivity index (χ2n) is 12.1. The summed E-state index contributed by atoms with van der Waals surface area (Å²) in [5, 5.41) is 1.54. The summed E-state index contributed by atoms with van der Waals surface area (Å²) in [6, 6.07) is 7.88. The lowest BCUT2D eigenvalue weighted by molar-refractivity contribution is -0.121. The molecule has 1 aromatic carbocycles. The average Bonchev–Trinajstić information content (AvgIpc) is 3.75. The highest BCUT2D eigenvalue weighted by molar-refractivity contribution is 7.90. The molecule has 0 aliphatic carbocycles. The quantitative estimate of drug-likeness (QED) is 0.229. The second-order valence-corrected chi connectivity index (χ2v) is 14.8. The van der Waals surface area contributed by atoms with Gasteiger partial charge in [-0.25, -0.2) is 23.9 Å². The van der Waals surface area contributed by atoms with Crippen molar-refractivity contribution < 1.29 is 36.6 Å². The summed E-state index contributed by atoms with van der Waals surface area (Å²) in [4.78, 5) is 42.4. The van der Waals surface area contributed by atoms with E-state index >= 15 is 0 Å². The Balaban J connectivity index is 0.000000181. The number of methoxy groups -OCH3 is 2. The van der Waals surface area contributed by atoms with Gasteiger partial charge >= 0.3 is 6.03 Å². The smallest absolute Gasteiger partial charge is 0.335 e. The fourth-order valence-electron chi connectivity index (χ4n) is 5.40. The zero-order valence-electron chi connectivity index (χ0n) is 28.5. The van der Waals surface area contributed by atoms with Crippen LogP contribution in [0.4, 0.5) is 26.5 Å². The lowest BCUT2D eigenvalue weighted by Gasteiger charge is -2.28. The van der Waals surface area contributed by atoms with Crippen LogP contribution >= 0.6 is 23.1 Å². The number of nitrogens with one attached hydrogen (secondary N) is 2. The number of ether oxygens (including phenoxy) is 3. The Morgan fingerprint density at radius 3 is 2.62 bits per heavy atom. The average molecular weight is 785 g/mol. The van der Waals surface area contributed by atoms with Gasteiger partial charge in [0.25, 0.3) is 15.9 Å². The molecule has 7 rings (SSSR count). The van der Waals surface area contributed by atoms with E-state index in [1.807, 2.05) is 9.29 Å². The SMILES string of the molecule is C#CCN1C(=O)COc2cc(F)c(N=c3snc4n3CC(C)(C)C4)cc21.COc1cc(OC)nc(NC(=O)NS(=O)(=O)c2c(Cl)nc3ccccn23)n1. The fourth-order valence-corrected chi connectivity index (χ4v) is 7.71. The van der Waals surface area contributed by atoms with Crippen LogP contribution in [0.25, 0.3) is 5.65 Å². The first-order valence-electron chi connectivity index (χ1n) is 15.5. The number of anilines is 2. The Bertz CT molecular complexity index is 2450. The van der Waals surface area contributed by atoms with E-state index < -0.39 is 21.9 Å². The highest BCUT2D eigenvalue weighted by atomic mass is 35.5. The fraction of sp³-hybridized carbons (Fsp3) is 0.281. The number of urea groups is 1. The molecule has 2 aliphatic heterocycles. The summed E-state index contributed by atoms with van der Waals surface area (Å²) < 4.78 is 64.4. The number of sulfonamides is 1. The molecule has 0 spiro atoms. The zero-order chi connectivity index (χ0) is 38.1. The maximum Gasteiger partial charge on any atom is 0.335 e. The molecule has 0 atom stereocenters. The summed E-state index contributed by atoms with van der Waals surface area (Å²) in [6.07, 6.45) is 7.67. The molecule has 2 aliphatic rings. The number of nitrogens with zero attached hydrogens (tertiary/aromatic N) is 8. The number of carbonyl (C=O) groups excluding carboxylic acids is 2. The van der Waals surface area contributed by atoms with Crippen molar-refractivity contribution in [3.63, 3.8) is 0 Å². The molecule has 4 aromatic heterocycles. The van der Waals surface area contributed by atoms with E-state index in [-0.39, 0.29) is 58.0 Å². The number of amides is 3. The van der Waals surface area contributed by atoms with Gasteiger partial charge in [-0.3, -0.25) is 19.4 Å². The minimum absolute atomic E-state index is 0.0964. The molecule has 5 aromatic rings. The topological polar surface area (TPSA) is 197 Å². The van der Waals surface area contributed by atoms with Crippen LogP contribution in [0, 0.1) is 23.6 Å². The van der Waals surface area contributed by atoms with Gasteiger partial charge in [-0.2, -0.15) is 22.8 Å². The van der Waals surface area contributed by atoms with Gasteiger partial charge in [0.1, 0.15) is 22.9 Å². The predicted octanol–water partition coefficient (Wildman–Crippen LogP) is 3.56. The highest BCUT2D eigenvalue weighted by Gasteiger charge is 2.31. The van der Waals surface area contributed by atoms with Gasteiger partial charge in [-0.1, -0.05) is 37.4 Å². The first kappa shape index (κ1) is 37.0. The molecule has 0 radical (unpaired) electrons. The minimum atomic E-state index is -4.34. The number of fused-ring (bicyclic) bond motifs is 3. The Kier molecular flexibility index (Phi) is 10.3. The molecule has 2 N–H and O–H groups in total. The summed E-state index contributed by atoms with van der Waals surface area (Å²) in [7, 11) is -1.61. The van der Waals surface area contributed by atoms with Gasteiger partial charge in [0.2, 0.25) is 22.5 Å². The number of aromatic nitrogens is 6. The standard InChI is InChI=1S/C18H17FN4O2S.C14H13ClN6O5S/c1-4-5-22-13-7-12(11(19)6-14(13)25-9-16(22)24)20-17-23-10-18(2,3)8-15(23)21-26-17;1-25-9-7-10(26-2)18-13(17-9)19-14(22)20-27(23,24)12-11(15)16-8-5-3-4-6-21(8)12/h1,6-7H,5,8-10H2,2-3H3;3-7H,1-2H3,(H2,17,18,19,20,22). The molecular formula is C32H30ClFN10O7S2. The molecule has 0 fully saturated rings. The molecule has 17 nitrogen and oxygen atoms in total. The van der Waals surface area contributed by atoms with Crippen molar-refractivity contribution >= 4 is 68.1 Å². The summed E-state index contributed by atoms with van der Waals surface area (Å²) in [5.41, 5.74) is 0.987. The maximum atomic E-state index is 14.5. The normalized spacial score (nSPS) is 14.7. The van der Waals surface area contributed by atoms with Crippen molar-refractivity contribution in [2.45, 2.75) is 31.8 Å². The van der Waals surface area contributed by atoms with Crippen molar-refractivity contribution in [1.82, 2.24) is 33.0 Å². The summed E-state index contributed by atoms with van der Waals surface area (Å²) in [6.45, 7) is 5.05.